The van der Waals surface area contributed by atoms with Crippen molar-refractivity contribution >= 4 is 10.0 Å². The smallest absolute Gasteiger partial charge is 0.211 e. The maximum atomic E-state index is 11.8. The van der Waals surface area contributed by atoms with Gasteiger partial charge in [-0.3, -0.25) is 14.3 Å². The van der Waals surface area contributed by atoms with Gasteiger partial charge in [0, 0.05) is 32.7 Å². The summed E-state index contributed by atoms with van der Waals surface area (Å²) in [6.45, 7) is 7.19. The number of fused-ring (bicyclic) bond motifs is 2. The minimum atomic E-state index is -3.15. The first kappa shape index (κ1) is 16.7. The van der Waals surface area contributed by atoms with Gasteiger partial charge in [-0.2, -0.15) is 14.5 Å². The molecule has 4 heterocycles. The summed E-state index contributed by atoms with van der Waals surface area (Å²) in [6.07, 6.45) is 2.34. The molecule has 2 aromatic heterocycles. The summed E-state index contributed by atoms with van der Waals surface area (Å²) < 4.78 is 29.1. The van der Waals surface area contributed by atoms with Crippen molar-refractivity contribution in [3.05, 3.63) is 34.9 Å². The van der Waals surface area contributed by atoms with E-state index >= 15 is 0 Å². The Morgan fingerprint density at radius 3 is 2.56 bits per heavy atom. The van der Waals surface area contributed by atoms with Gasteiger partial charge in [0.1, 0.15) is 0 Å². The molecule has 0 aromatic carbocycles. The van der Waals surface area contributed by atoms with Crippen LogP contribution >= 0.6 is 0 Å². The fourth-order valence-electron chi connectivity index (χ4n) is 3.70. The summed E-state index contributed by atoms with van der Waals surface area (Å²) in [5, 5.41) is 9.23. The average Bonchev–Trinajstić information content (AvgIpc) is 3.03. The number of hydrogen-bond donors (Lipinski definition) is 0. The predicted octanol–water partition coefficient (Wildman–Crippen LogP) is 0.569. The lowest BCUT2D eigenvalue weighted by molar-refractivity contribution is 0.256. The molecule has 0 radical (unpaired) electrons. The third kappa shape index (κ3) is 3.49. The summed E-state index contributed by atoms with van der Waals surface area (Å²) in [4.78, 5) is 2.39. The summed E-state index contributed by atoms with van der Waals surface area (Å²) in [5.74, 6) is 0. The minimum absolute atomic E-state index is 0.414. The molecule has 0 unspecified atom stereocenters. The Bertz CT molecular complexity index is 885. The number of sulfonamides is 1. The normalized spacial score (nSPS) is 19.4. The molecule has 0 bridgehead atoms. The molecule has 0 amide bonds. The van der Waals surface area contributed by atoms with Crippen LogP contribution in [0.15, 0.2) is 12.1 Å². The van der Waals surface area contributed by atoms with Crippen molar-refractivity contribution < 1.29 is 8.42 Å². The molecule has 4 rings (SSSR count). The zero-order valence-electron chi connectivity index (χ0n) is 14.7. The van der Waals surface area contributed by atoms with Crippen LogP contribution in [0.25, 0.3) is 0 Å². The number of aryl methyl sites for hydroxylation is 2. The van der Waals surface area contributed by atoms with Gasteiger partial charge in [0.15, 0.2) is 0 Å². The van der Waals surface area contributed by atoms with Gasteiger partial charge in [-0.25, -0.2) is 8.42 Å². The monoisotopic (exact) mass is 364 g/mol. The van der Waals surface area contributed by atoms with Crippen molar-refractivity contribution in [1.29, 1.82) is 0 Å². The van der Waals surface area contributed by atoms with Crippen LogP contribution in [0.3, 0.4) is 0 Å². The molecule has 2 aromatic rings. The van der Waals surface area contributed by atoms with Gasteiger partial charge in [-0.15, -0.1) is 0 Å². The first-order valence-electron chi connectivity index (χ1n) is 8.65. The van der Waals surface area contributed by atoms with Crippen LogP contribution in [-0.2, 0) is 42.7 Å². The molecule has 0 spiro atoms. The summed E-state index contributed by atoms with van der Waals surface area (Å²) in [7, 11) is -3.15. The Hall–Kier alpha value is -1.71. The first-order valence-corrected chi connectivity index (χ1v) is 10.5. The van der Waals surface area contributed by atoms with Crippen molar-refractivity contribution in [2.75, 3.05) is 19.3 Å². The molecule has 25 heavy (non-hydrogen) atoms. The zero-order valence-corrected chi connectivity index (χ0v) is 15.5. The van der Waals surface area contributed by atoms with Gasteiger partial charge in [0.25, 0.3) is 0 Å². The fourth-order valence-corrected chi connectivity index (χ4v) is 4.48. The molecule has 9 heteroatoms. The summed E-state index contributed by atoms with van der Waals surface area (Å²) in [6, 6.07) is 4.20. The van der Waals surface area contributed by atoms with Gasteiger partial charge in [-0.05, 0) is 25.5 Å². The van der Waals surface area contributed by atoms with Crippen molar-refractivity contribution in [1.82, 2.24) is 28.8 Å². The SMILES string of the molecule is Cc1cc2n(n1)CCCN(Cc1cc3n(n1)CCN(S(C)(=O)=O)C3)C2. The van der Waals surface area contributed by atoms with E-state index in [0.29, 0.717) is 19.6 Å². The van der Waals surface area contributed by atoms with E-state index in [1.807, 2.05) is 17.7 Å². The lowest BCUT2D eigenvalue weighted by atomic mass is 10.3. The second kappa shape index (κ2) is 6.22. The average molecular weight is 364 g/mol. The van der Waals surface area contributed by atoms with Crippen LogP contribution in [-0.4, -0.2) is 56.5 Å². The predicted molar refractivity (Wildman–Crippen MR) is 93.2 cm³/mol. The van der Waals surface area contributed by atoms with Crippen molar-refractivity contribution in [3.8, 4) is 0 Å². The largest absolute Gasteiger partial charge is 0.292 e. The van der Waals surface area contributed by atoms with Crippen LogP contribution in [0.2, 0.25) is 0 Å². The first-order chi connectivity index (χ1) is 11.9. The van der Waals surface area contributed by atoms with Crippen molar-refractivity contribution in [2.45, 2.75) is 46.1 Å². The van der Waals surface area contributed by atoms with Crippen LogP contribution in [0.1, 0.15) is 29.2 Å². The Morgan fingerprint density at radius 2 is 1.76 bits per heavy atom. The lowest BCUT2D eigenvalue weighted by Crippen LogP contribution is -2.37. The van der Waals surface area contributed by atoms with Crippen molar-refractivity contribution in [2.24, 2.45) is 0 Å². The highest BCUT2D eigenvalue weighted by atomic mass is 32.2. The number of nitrogens with zero attached hydrogens (tertiary/aromatic N) is 6. The van der Waals surface area contributed by atoms with Gasteiger partial charge in [0.2, 0.25) is 10.0 Å². The highest BCUT2D eigenvalue weighted by Gasteiger charge is 2.25. The standard InChI is InChI=1S/C16H24N6O2S/c1-13-8-15-11-19(4-3-5-21(15)17-13)10-14-9-16-12-20(25(2,23)24)6-7-22(16)18-14/h8-9H,3-7,10-12H2,1-2H3. The van der Waals surface area contributed by atoms with E-state index in [0.717, 1.165) is 49.7 Å². The number of rotatable bonds is 3. The van der Waals surface area contributed by atoms with Crippen LogP contribution in [0.4, 0.5) is 0 Å². The number of hydrogen-bond acceptors (Lipinski definition) is 5. The van der Waals surface area contributed by atoms with E-state index in [9.17, 15) is 8.42 Å². The molecule has 0 atom stereocenters. The van der Waals surface area contributed by atoms with E-state index in [1.54, 1.807) is 0 Å². The van der Waals surface area contributed by atoms with Crippen molar-refractivity contribution in [3.63, 3.8) is 0 Å². The van der Waals surface area contributed by atoms with Crippen LogP contribution < -0.4 is 0 Å². The molecular weight excluding hydrogens is 340 g/mol. The summed E-state index contributed by atoms with van der Waals surface area (Å²) in [5.41, 5.74) is 4.30. The van der Waals surface area contributed by atoms with E-state index < -0.39 is 10.0 Å². The second-order valence-corrected chi connectivity index (χ2v) is 8.99. The van der Waals surface area contributed by atoms with E-state index in [-0.39, 0.29) is 0 Å². The third-order valence-corrected chi connectivity index (χ3v) is 6.13. The molecule has 0 N–H and O–H groups in total. The highest BCUT2D eigenvalue weighted by molar-refractivity contribution is 7.88. The molecule has 0 fully saturated rings. The summed E-state index contributed by atoms with van der Waals surface area (Å²) >= 11 is 0. The zero-order chi connectivity index (χ0) is 17.6. The van der Waals surface area contributed by atoms with Gasteiger partial charge in [0.05, 0.1) is 42.1 Å². The Morgan fingerprint density at radius 1 is 1.00 bits per heavy atom. The fraction of sp³-hybridized carbons (Fsp3) is 0.625. The van der Waals surface area contributed by atoms with Crippen LogP contribution in [0.5, 0.6) is 0 Å². The lowest BCUT2D eigenvalue weighted by Gasteiger charge is -2.25. The Kier molecular flexibility index (Phi) is 4.17. The maximum Gasteiger partial charge on any atom is 0.211 e. The van der Waals surface area contributed by atoms with Gasteiger partial charge >= 0.3 is 0 Å². The maximum absolute atomic E-state index is 11.8. The molecule has 2 aliphatic heterocycles. The Labute approximate surface area is 148 Å². The van der Waals surface area contributed by atoms with Gasteiger partial charge < -0.3 is 0 Å². The molecule has 0 aliphatic carbocycles. The minimum Gasteiger partial charge on any atom is -0.292 e. The molecule has 0 saturated carbocycles. The molecule has 8 nitrogen and oxygen atoms in total. The quantitative estimate of drug-likeness (QED) is 0.796. The van der Waals surface area contributed by atoms with E-state index in [2.05, 4.69) is 25.8 Å². The molecular formula is C16H24N6O2S. The van der Waals surface area contributed by atoms with E-state index in [4.69, 9.17) is 0 Å². The second-order valence-electron chi connectivity index (χ2n) is 7.01. The Balaban J connectivity index is 1.48. The molecule has 2 aliphatic rings. The topological polar surface area (TPSA) is 76.3 Å². The van der Waals surface area contributed by atoms with Crippen LogP contribution in [0, 0.1) is 6.92 Å². The van der Waals surface area contributed by atoms with Gasteiger partial charge in [-0.1, -0.05) is 0 Å². The molecule has 0 saturated heterocycles. The number of aromatic nitrogens is 4. The third-order valence-electron chi connectivity index (χ3n) is 4.88. The van der Waals surface area contributed by atoms with E-state index in [1.165, 1.54) is 16.3 Å². The molecule has 136 valence electrons. The highest BCUT2D eigenvalue weighted by Crippen LogP contribution is 2.19.